The van der Waals surface area contributed by atoms with Gasteiger partial charge in [0.1, 0.15) is 0 Å². The van der Waals surface area contributed by atoms with Crippen LogP contribution in [0.3, 0.4) is 0 Å². The molecule has 0 saturated heterocycles. The quantitative estimate of drug-likeness (QED) is 0.560. The van der Waals surface area contributed by atoms with Gasteiger partial charge in [-0.15, -0.1) is 11.3 Å². The molecule has 0 radical (unpaired) electrons. The first-order chi connectivity index (χ1) is 13.2. The van der Waals surface area contributed by atoms with Gasteiger partial charge in [0.05, 0.1) is 5.69 Å². The summed E-state index contributed by atoms with van der Waals surface area (Å²) in [7, 11) is 0. The Morgan fingerprint density at radius 3 is 2.52 bits per heavy atom. The zero-order chi connectivity index (χ0) is 18.6. The van der Waals surface area contributed by atoms with Gasteiger partial charge < -0.3 is 0 Å². The third kappa shape index (κ3) is 3.96. The van der Waals surface area contributed by atoms with E-state index in [1.807, 2.05) is 55.5 Å². The number of aromatic nitrogens is 3. The van der Waals surface area contributed by atoms with E-state index in [0.29, 0.717) is 10.8 Å². The number of hydrogen-bond donors (Lipinski definition) is 1. The molecule has 2 heterocycles. The number of nitrogens with zero attached hydrogens (tertiary/aromatic N) is 3. The number of carbonyl (C=O) groups is 1. The molecule has 134 valence electrons. The summed E-state index contributed by atoms with van der Waals surface area (Å²) in [6.45, 7) is 1.93. The van der Waals surface area contributed by atoms with E-state index in [1.165, 1.54) is 16.9 Å². The lowest BCUT2D eigenvalue weighted by Gasteiger charge is -2.02. The summed E-state index contributed by atoms with van der Waals surface area (Å²) in [5.74, 6) is -0.256. The van der Waals surface area contributed by atoms with Crippen LogP contribution >= 0.6 is 11.3 Å². The van der Waals surface area contributed by atoms with Crippen molar-refractivity contribution in [2.45, 2.75) is 13.3 Å². The summed E-state index contributed by atoms with van der Waals surface area (Å²) in [6.07, 6.45) is 2.61. The Bertz CT molecular complexity index is 1050. The highest BCUT2D eigenvalue weighted by Crippen LogP contribution is 2.22. The first kappa shape index (κ1) is 17.2. The lowest BCUT2D eigenvalue weighted by atomic mass is 10.1. The molecule has 0 saturated carbocycles. The smallest absolute Gasteiger partial charge is 0.277 e. The monoisotopic (exact) mass is 374 g/mol. The fraction of sp³-hybridized carbons (Fsp3) is 0.0952. The molecule has 6 heteroatoms. The minimum atomic E-state index is -0.256. The van der Waals surface area contributed by atoms with Crippen molar-refractivity contribution in [2.24, 2.45) is 0 Å². The Hall–Kier alpha value is -3.25. The molecule has 0 aliphatic carbocycles. The van der Waals surface area contributed by atoms with E-state index in [0.717, 1.165) is 22.7 Å². The molecule has 1 amide bonds. The van der Waals surface area contributed by atoms with Gasteiger partial charge in [-0.1, -0.05) is 48.5 Å². The van der Waals surface area contributed by atoms with Crippen LogP contribution in [-0.2, 0) is 6.42 Å². The highest BCUT2D eigenvalue weighted by atomic mass is 32.1. The zero-order valence-corrected chi connectivity index (χ0v) is 15.6. The topological polar surface area (TPSA) is 59.8 Å². The molecule has 4 aromatic rings. The lowest BCUT2D eigenvalue weighted by Crippen LogP contribution is -2.12. The third-order valence-corrected chi connectivity index (χ3v) is 5.03. The Kier molecular flexibility index (Phi) is 4.80. The van der Waals surface area contributed by atoms with Gasteiger partial charge in [0, 0.05) is 23.2 Å². The second-order valence-corrected chi connectivity index (χ2v) is 7.28. The van der Waals surface area contributed by atoms with Crippen LogP contribution in [0.4, 0.5) is 5.13 Å². The Morgan fingerprint density at radius 1 is 1.07 bits per heavy atom. The number of carbonyl (C=O) groups excluding carboxylic acids is 1. The molecule has 0 fully saturated rings. The van der Waals surface area contributed by atoms with Gasteiger partial charge >= 0.3 is 0 Å². The van der Waals surface area contributed by atoms with Crippen LogP contribution < -0.4 is 5.32 Å². The zero-order valence-electron chi connectivity index (χ0n) is 14.8. The van der Waals surface area contributed by atoms with Crippen molar-refractivity contribution in [3.63, 3.8) is 0 Å². The summed E-state index contributed by atoms with van der Waals surface area (Å²) in [5.41, 5.74) is 3.41. The fourth-order valence-electron chi connectivity index (χ4n) is 2.82. The summed E-state index contributed by atoms with van der Waals surface area (Å²) < 4.78 is 1.76. The van der Waals surface area contributed by atoms with E-state index < -0.39 is 0 Å². The second-order valence-electron chi connectivity index (χ2n) is 6.17. The first-order valence-electron chi connectivity index (χ1n) is 8.61. The number of nitrogens with one attached hydrogen (secondary N) is 1. The molecule has 0 atom stereocenters. The SMILES string of the molecule is Cc1cc(C(=O)Nc2ncc(Cc3ccccc3)s2)nn1-c1ccccc1. The van der Waals surface area contributed by atoms with Crippen molar-refractivity contribution in [3.8, 4) is 5.69 Å². The molecule has 0 aliphatic heterocycles. The van der Waals surface area contributed by atoms with Crippen LogP contribution in [0.2, 0.25) is 0 Å². The predicted molar refractivity (Wildman–Crippen MR) is 108 cm³/mol. The maximum absolute atomic E-state index is 12.6. The van der Waals surface area contributed by atoms with E-state index >= 15 is 0 Å². The molecule has 5 nitrogen and oxygen atoms in total. The van der Waals surface area contributed by atoms with E-state index in [4.69, 9.17) is 0 Å². The molecular weight excluding hydrogens is 356 g/mol. The van der Waals surface area contributed by atoms with Crippen molar-refractivity contribution in [2.75, 3.05) is 5.32 Å². The third-order valence-electron chi connectivity index (χ3n) is 4.12. The molecule has 1 N–H and O–H groups in total. The van der Waals surface area contributed by atoms with Gasteiger partial charge in [-0.05, 0) is 30.7 Å². The van der Waals surface area contributed by atoms with Crippen LogP contribution in [0.5, 0.6) is 0 Å². The second kappa shape index (κ2) is 7.55. The molecular formula is C21H18N4OS. The number of thiazole rings is 1. The van der Waals surface area contributed by atoms with Gasteiger partial charge in [-0.3, -0.25) is 10.1 Å². The van der Waals surface area contributed by atoms with Crippen LogP contribution in [0.15, 0.2) is 72.9 Å². The van der Waals surface area contributed by atoms with Crippen LogP contribution in [0, 0.1) is 6.92 Å². The van der Waals surface area contributed by atoms with Gasteiger partial charge in [-0.2, -0.15) is 5.10 Å². The summed E-state index contributed by atoms with van der Waals surface area (Å²) in [6, 6.07) is 21.7. The molecule has 4 rings (SSSR count). The van der Waals surface area contributed by atoms with Crippen molar-refractivity contribution < 1.29 is 4.79 Å². The van der Waals surface area contributed by atoms with Crippen LogP contribution in [0.25, 0.3) is 5.69 Å². The minimum absolute atomic E-state index is 0.256. The van der Waals surface area contributed by atoms with Gasteiger partial charge in [0.2, 0.25) is 0 Å². The minimum Gasteiger partial charge on any atom is -0.296 e. The number of amides is 1. The standard InChI is InChI=1S/C21H18N4OS/c1-15-12-19(24-25(15)17-10-6-3-7-11-17)20(26)23-21-22-14-18(27-21)13-16-8-4-2-5-9-16/h2-12,14H,13H2,1H3,(H,22,23,26). The Balaban J connectivity index is 1.47. The van der Waals surface area contributed by atoms with Gasteiger partial charge in [0.15, 0.2) is 10.8 Å². The fourth-order valence-corrected chi connectivity index (χ4v) is 3.66. The van der Waals surface area contributed by atoms with Crippen LogP contribution in [0.1, 0.15) is 26.6 Å². The number of benzene rings is 2. The van der Waals surface area contributed by atoms with E-state index in [1.54, 1.807) is 16.9 Å². The summed E-state index contributed by atoms with van der Waals surface area (Å²) in [4.78, 5) is 18.0. The molecule has 2 aromatic heterocycles. The normalized spacial score (nSPS) is 10.7. The van der Waals surface area contributed by atoms with E-state index in [2.05, 4.69) is 27.5 Å². The van der Waals surface area contributed by atoms with E-state index in [-0.39, 0.29) is 5.91 Å². The van der Waals surface area contributed by atoms with E-state index in [9.17, 15) is 4.79 Å². The van der Waals surface area contributed by atoms with Gasteiger partial charge in [-0.25, -0.2) is 9.67 Å². The number of hydrogen-bond acceptors (Lipinski definition) is 4. The number of anilines is 1. The number of rotatable bonds is 5. The molecule has 0 bridgehead atoms. The molecule has 0 spiro atoms. The summed E-state index contributed by atoms with van der Waals surface area (Å²) in [5, 5.41) is 7.86. The number of aryl methyl sites for hydroxylation is 1. The highest BCUT2D eigenvalue weighted by Gasteiger charge is 2.15. The highest BCUT2D eigenvalue weighted by molar-refractivity contribution is 7.15. The number of para-hydroxylation sites is 1. The average molecular weight is 374 g/mol. The Labute approximate surface area is 161 Å². The maximum Gasteiger partial charge on any atom is 0.277 e. The predicted octanol–water partition coefficient (Wildman–Crippen LogP) is 4.48. The van der Waals surface area contributed by atoms with Crippen LogP contribution in [-0.4, -0.2) is 20.7 Å². The maximum atomic E-state index is 12.6. The van der Waals surface area contributed by atoms with Crippen molar-refractivity contribution in [1.82, 2.24) is 14.8 Å². The average Bonchev–Trinajstić information content (AvgIpc) is 3.30. The van der Waals surface area contributed by atoms with Crippen molar-refractivity contribution in [1.29, 1.82) is 0 Å². The lowest BCUT2D eigenvalue weighted by molar-refractivity contribution is 0.102. The largest absolute Gasteiger partial charge is 0.296 e. The molecule has 27 heavy (non-hydrogen) atoms. The molecule has 0 unspecified atom stereocenters. The Morgan fingerprint density at radius 2 is 1.78 bits per heavy atom. The summed E-state index contributed by atoms with van der Waals surface area (Å²) >= 11 is 1.48. The first-order valence-corrected chi connectivity index (χ1v) is 9.43. The molecule has 2 aromatic carbocycles. The van der Waals surface area contributed by atoms with Gasteiger partial charge in [0.25, 0.3) is 5.91 Å². The van der Waals surface area contributed by atoms with Crippen molar-refractivity contribution in [3.05, 3.63) is 94.8 Å². The molecule has 0 aliphatic rings. The van der Waals surface area contributed by atoms with Crippen molar-refractivity contribution >= 4 is 22.4 Å².